The van der Waals surface area contributed by atoms with E-state index in [0.29, 0.717) is 11.7 Å². The summed E-state index contributed by atoms with van der Waals surface area (Å²) in [6.07, 6.45) is 2.51. The Labute approximate surface area is 141 Å². The molecule has 1 unspecified atom stereocenters. The maximum absolute atomic E-state index is 12.6. The van der Waals surface area contributed by atoms with Crippen LogP contribution in [0.5, 0.6) is 0 Å². The van der Waals surface area contributed by atoms with Crippen LogP contribution in [-0.2, 0) is 0 Å². The fraction of sp³-hybridized carbons (Fsp3) is 0.333. The number of benzene rings is 1. The van der Waals surface area contributed by atoms with Crippen molar-refractivity contribution >= 4 is 11.7 Å². The van der Waals surface area contributed by atoms with Crippen molar-refractivity contribution in [2.24, 2.45) is 5.92 Å². The molecule has 0 radical (unpaired) electrons. The van der Waals surface area contributed by atoms with E-state index in [1.165, 1.54) is 0 Å². The molecule has 2 aromatic heterocycles. The summed E-state index contributed by atoms with van der Waals surface area (Å²) in [6, 6.07) is 11.7. The number of aryl methyl sites for hydroxylation is 1. The highest BCUT2D eigenvalue weighted by Gasteiger charge is 2.20. The quantitative estimate of drug-likeness (QED) is 0.783. The van der Waals surface area contributed by atoms with Crippen LogP contribution in [0.3, 0.4) is 0 Å². The van der Waals surface area contributed by atoms with Crippen LogP contribution in [0.15, 0.2) is 42.6 Å². The lowest BCUT2D eigenvalue weighted by Crippen LogP contribution is -2.30. The van der Waals surface area contributed by atoms with Gasteiger partial charge in [-0.15, -0.1) is 5.10 Å². The normalized spacial score (nSPS) is 12.5. The van der Waals surface area contributed by atoms with Crippen LogP contribution < -0.4 is 5.32 Å². The molecule has 0 fully saturated rings. The van der Waals surface area contributed by atoms with E-state index in [0.717, 1.165) is 17.7 Å². The lowest BCUT2D eigenvalue weighted by molar-refractivity contribution is 0.0921. The lowest BCUT2D eigenvalue weighted by atomic mass is 9.97. The molecule has 6 heteroatoms. The van der Waals surface area contributed by atoms with E-state index in [-0.39, 0.29) is 17.8 Å². The summed E-state index contributed by atoms with van der Waals surface area (Å²) >= 11 is 0. The van der Waals surface area contributed by atoms with E-state index in [9.17, 15) is 4.79 Å². The third-order valence-electron chi connectivity index (χ3n) is 3.85. The molecular formula is C18H21N5O. The SMILES string of the molecule is Cc1ccnc2nc(C(=O)NC(CC(C)C)c3ccccc3)nn12. The zero-order chi connectivity index (χ0) is 17.1. The molecule has 2 heterocycles. The Balaban J connectivity index is 1.85. The summed E-state index contributed by atoms with van der Waals surface area (Å²) in [5, 5.41) is 7.33. The molecule has 1 aromatic carbocycles. The first kappa shape index (κ1) is 16.1. The van der Waals surface area contributed by atoms with Crippen molar-refractivity contribution in [1.29, 1.82) is 0 Å². The molecule has 1 atom stereocenters. The summed E-state index contributed by atoms with van der Waals surface area (Å²) in [5.41, 5.74) is 1.96. The number of aromatic nitrogens is 4. The molecule has 0 aliphatic carbocycles. The number of nitrogens with one attached hydrogen (secondary N) is 1. The Morgan fingerprint density at radius 2 is 1.96 bits per heavy atom. The molecule has 1 amide bonds. The zero-order valence-electron chi connectivity index (χ0n) is 14.1. The largest absolute Gasteiger partial charge is 0.342 e. The third kappa shape index (κ3) is 3.42. The van der Waals surface area contributed by atoms with Crippen molar-refractivity contribution in [1.82, 2.24) is 24.9 Å². The summed E-state index contributed by atoms with van der Waals surface area (Å²) < 4.78 is 1.58. The molecule has 3 aromatic rings. The van der Waals surface area contributed by atoms with E-state index in [4.69, 9.17) is 0 Å². The molecule has 0 bridgehead atoms. The average molecular weight is 323 g/mol. The molecule has 0 aliphatic rings. The monoisotopic (exact) mass is 323 g/mol. The predicted molar refractivity (Wildman–Crippen MR) is 91.6 cm³/mol. The van der Waals surface area contributed by atoms with Gasteiger partial charge < -0.3 is 5.32 Å². The van der Waals surface area contributed by atoms with Crippen molar-refractivity contribution < 1.29 is 4.79 Å². The molecule has 24 heavy (non-hydrogen) atoms. The third-order valence-corrected chi connectivity index (χ3v) is 3.85. The number of hydrogen-bond donors (Lipinski definition) is 1. The minimum Gasteiger partial charge on any atom is -0.342 e. The molecule has 0 aliphatic heterocycles. The second-order valence-corrected chi connectivity index (χ2v) is 6.30. The number of fused-ring (bicyclic) bond motifs is 1. The smallest absolute Gasteiger partial charge is 0.291 e. The van der Waals surface area contributed by atoms with Gasteiger partial charge in [-0.05, 0) is 30.9 Å². The van der Waals surface area contributed by atoms with Crippen molar-refractivity contribution in [3.8, 4) is 0 Å². The van der Waals surface area contributed by atoms with Gasteiger partial charge in [-0.1, -0.05) is 44.2 Å². The summed E-state index contributed by atoms with van der Waals surface area (Å²) in [4.78, 5) is 21.0. The van der Waals surface area contributed by atoms with Gasteiger partial charge in [0.1, 0.15) is 0 Å². The molecule has 0 saturated carbocycles. The topological polar surface area (TPSA) is 72.2 Å². The molecule has 6 nitrogen and oxygen atoms in total. The summed E-state index contributed by atoms with van der Waals surface area (Å²) in [5.74, 6) is 0.740. The van der Waals surface area contributed by atoms with E-state index in [2.05, 4.69) is 34.2 Å². The number of carbonyl (C=O) groups excluding carboxylic acids is 1. The molecule has 1 N–H and O–H groups in total. The Hall–Kier alpha value is -2.76. The van der Waals surface area contributed by atoms with E-state index in [1.54, 1.807) is 10.7 Å². The van der Waals surface area contributed by atoms with Crippen molar-refractivity contribution in [3.63, 3.8) is 0 Å². The highest BCUT2D eigenvalue weighted by Crippen LogP contribution is 2.21. The van der Waals surface area contributed by atoms with Gasteiger partial charge in [0, 0.05) is 11.9 Å². The highest BCUT2D eigenvalue weighted by atomic mass is 16.2. The summed E-state index contributed by atoms with van der Waals surface area (Å²) in [6.45, 7) is 6.17. The number of amides is 1. The van der Waals surface area contributed by atoms with Crippen molar-refractivity contribution in [2.75, 3.05) is 0 Å². The Kier molecular flexibility index (Phi) is 4.55. The van der Waals surface area contributed by atoms with Crippen LogP contribution >= 0.6 is 0 Å². The van der Waals surface area contributed by atoms with Crippen LogP contribution in [0.1, 0.15) is 48.2 Å². The van der Waals surface area contributed by atoms with Gasteiger partial charge in [0.2, 0.25) is 5.82 Å². The van der Waals surface area contributed by atoms with Gasteiger partial charge in [-0.3, -0.25) is 4.79 Å². The molecular weight excluding hydrogens is 302 g/mol. The average Bonchev–Trinajstić information content (AvgIpc) is 3.00. The van der Waals surface area contributed by atoms with E-state index >= 15 is 0 Å². The maximum Gasteiger partial charge on any atom is 0.291 e. The first-order valence-electron chi connectivity index (χ1n) is 8.09. The molecule has 3 rings (SSSR count). The van der Waals surface area contributed by atoms with Gasteiger partial charge in [0.25, 0.3) is 11.7 Å². The van der Waals surface area contributed by atoms with Crippen molar-refractivity contribution in [2.45, 2.75) is 33.2 Å². The van der Waals surface area contributed by atoms with Gasteiger partial charge >= 0.3 is 0 Å². The Morgan fingerprint density at radius 1 is 1.21 bits per heavy atom. The zero-order valence-corrected chi connectivity index (χ0v) is 14.1. The van der Waals surface area contributed by atoms with Crippen LogP contribution in [0.4, 0.5) is 0 Å². The number of hydrogen-bond acceptors (Lipinski definition) is 4. The van der Waals surface area contributed by atoms with Gasteiger partial charge in [-0.25, -0.2) is 9.50 Å². The number of nitrogens with zero attached hydrogens (tertiary/aromatic N) is 4. The first-order valence-corrected chi connectivity index (χ1v) is 8.09. The maximum atomic E-state index is 12.6. The van der Waals surface area contributed by atoms with Crippen LogP contribution in [0.2, 0.25) is 0 Å². The highest BCUT2D eigenvalue weighted by molar-refractivity contribution is 5.91. The first-order chi connectivity index (χ1) is 11.5. The second-order valence-electron chi connectivity index (χ2n) is 6.30. The van der Waals surface area contributed by atoms with Crippen LogP contribution in [0, 0.1) is 12.8 Å². The van der Waals surface area contributed by atoms with Crippen molar-refractivity contribution in [3.05, 3.63) is 59.7 Å². The fourth-order valence-corrected chi connectivity index (χ4v) is 2.66. The minimum absolute atomic E-state index is 0.0700. The van der Waals surface area contributed by atoms with Gasteiger partial charge in [-0.2, -0.15) is 4.98 Å². The number of rotatable bonds is 5. The summed E-state index contributed by atoms with van der Waals surface area (Å²) in [7, 11) is 0. The van der Waals surface area contributed by atoms with Crippen LogP contribution in [-0.4, -0.2) is 25.5 Å². The molecule has 0 saturated heterocycles. The Morgan fingerprint density at radius 3 is 2.62 bits per heavy atom. The Bertz CT molecular complexity index is 841. The van der Waals surface area contributed by atoms with E-state index < -0.39 is 0 Å². The lowest BCUT2D eigenvalue weighted by Gasteiger charge is -2.20. The van der Waals surface area contributed by atoms with Gasteiger partial charge in [0.15, 0.2) is 0 Å². The molecule has 124 valence electrons. The fourth-order valence-electron chi connectivity index (χ4n) is 2.66. The molecule has 0 spiro atoms. The van der Waals surface area contributed by atoms with Crippen LogP contribution in [0.25, 0.3) is 5.78 Å². The minimum atomic E-state index is -0.283. The van der Waals surface area contributed by atoms with Gasteiger partial charge in [0.05, 0.1) is 6.04 Å². The van der Waals surface area contributed by atoms with E-state index in [1.807, 2.05) is 43.3 Å². The predicted octanol–water partition coefficient (Wildman–Crippen LogP) is 2.95. The number of carbonyl (C=O) groups is 1. The second kappa shape index (κ2) is 6.78. The standard InChI is InChI=1S/C18H21N5O/c1-12(2)11-15(14-7-5-4-6-8-14)20-17(24)16-21-18-19-10-9-13(3)23(18)22-16/h4-10,12,15H,11H2,1-3H3,(H,20,24).